The number of halogens is 1. The minimum Gasteiger partial charge on any atom is -0.238 e. The zero-order valence-corrected chi connectivity index (χ0v) is 8.94. The topological polar surface area (TPSA) is 25.8 Å². The van der Waals surface area contributed by atoms with Crippen molar-refractivity contribution in [3.8, 4) is 0 Å². The molecule has 0 atom stereocenters. The molecular formula is C10H13ClN2. The van der Waals surface area contributed by atoms with Gasteiger partial charge < -0.3 is 0 Å². The van der Waals surface area contributed by atoms with Crippen LogP contribution >= 0.6 is 11.6 Å². The van der Waals surface area contributed by atoms with Crippen LogP contribution in [0.25, 0.3) is 0 Å². The van der Waals surface area contributed by atoms with E-state index in [0.29, 0.717) is 5.15 Å². The van der Waals surface area contributed by atoms with Gasteiger partial charge in [0.1, 0.15) is 11.0 Å². The summed E-state index contributed by atoms with van der Waals surface area (Å²) >= 11 is 6.11. The Bertz CT molecular complexity index is 358. The van der Waals surface area contributed by atoms with Crippen molar-refractivity contribution in [3.63, 3.8) is 0 Å². The minimum atomic E-state index is 0.153. The summed E-state index contributed by atoms with van der Waals surface area (Å²) in [4.78, 5) is 8.61. The van der Waals surface area contributed by atoms with Crippen LogP contribution in [0.5, 0.6) is 0 Å². The van der Waals surface area contributed by atoms with Crippen LogP contribution in [-0.4, -0.2) is 9.97 Å². The van der Waals surface area contributed by atoms with Crippen LogP contribution in [0.2, 0.25) is 5.15 Å². The van der Waals surface area contributed by atoms with Crippen molar-refractivity contribution in [3.05, 3.63) is 22.2 Å². The fraction of sp³-hybridized carbons (Fsp3) is 0.600. The Balaban J connectivity index is 2.65. The van der Waals surface area contributed by atoms with Gasteiger partial charge in [0.15, 0.2) is 0 Å². The lowest BCUT2D eigenvalue weighted by atomic mass is 9.88. The maximum atomic E-state index is 6.11. The van der Waals surface area contributed by atoms with E-state index in [0.717, 1.165) is 29.9 Å². The number of fused-ring (bicyclic) bond motifs is 1. The molecule has 0 radical (unpaired) electrons. The molecule has 0 saturated carbocycles. The van der Waals surface area contributed by atoms with E-state index in [1.165, 1.54) is 0 Å². The third-order valence-corrected chi connectivity index (χ3v) is 2.99. The average molecular weight is 197 g/mol. The third kappa shape index (κ3) is 1.33. The number of nitrogens with zero attached hydrogens (tertiary/aromatic N) is 2. The highest BCUT2D eigenvalue weighted by molar-refractivity contribution is 6.30. The molecule has 2 nitrogen and oxygen atoms in total. The second kappa shape index (κ2) is 2.68. The van der Waals surface area contributed by atoms with E-state index in [9.17, 15) is 0 Å². The Morgan fingerprint density at radius 3 is 2.69 bits per heavy atom. The van der Waals surface area contributed by atoms with Crippen LogP contribution in [-0.2, 0) is 11.8 Å². The van der Waals surface area contributed by atoms with Gasteiger partial charge in [0.2, 0.25) is 0 Å². The number of hydrogen-bond donors (Lipinski definition) is 0. The van der Waals surface area contributed by atoms with E-state index in [-0.39, 0.29) is 5.41 Å². The van der Waals surface area contributed by atoms with Gasteiger partial charge in [0, 0.05) is 11.3 Å². The van der Waals surface area contributed by atoms with Gasteiger partial charge in [-0.2, -0.15) is 0 Å². The van der Waals surface area contributed by atoms with Gasteiger partial charge in [0.25, 0.3) is 0 Å². The molecule has 0 fully saturated rings. The summed E-state index contributed by atoms with van der Waals surface area (Å²) in [6.07, 6.45) is 2.16. The summed E-state index contributed by atoms with van der Waals surface area (Å²) in [5, 5.41) is 0.644. The molecule has 1 aliphatic carbocycles. The van der Waals surface area contributed by atoms with Crippen LogP contribution in [0.3, 0.4) is 0 Å². The number of rotatable bonds is 0. The molecule has 1 aliphatic rings. The van der Waals surface area contributed by atoms with E-state index in [1.807, 2.05) is 6.92 Å². The number of hydrogen-bond acceptors (Lipinski definition) is 2. The van der Waals surface area contributed by atoms with Crippen molar-refractivity contribution >= 4 is 11.6 Å². The van der Waals surface area contributed by atoms with Crippen molar-refractivity contribution in [2.45, 2.75) is 39.0 Å². The molecule has 1 aromatic rings. The lowest BCUT2D eigenvalue weighted by Gasteiger charge is -2.18. The largest absolute Gasteiger partial charge is 0.238 e. The Kier molecular flexibility index (Phi) is 1.84. The lowest BCUT2D eigenvalue weighted by molar-refractivity contribution is 0.521. The van der Waals surface area contributed by atoms with Crippen molar-refractivity contribution in [1.29, 1.82) is 0 Å². The molecule has 0 aromatic carbocycles. The Morgan fingerprint density at radius 2 is 2.00 bits per heavy atom. The zero-order valence-electron chi connectivity index (χ0n) is 8.19. The average Bonchev–Trinajstić information content (AvgIpc) is 2.26. The molecule has 0 aliphatic heterocycles. The van der Waals surface area contributed by atoms with Crippen LogP contribution < -0.4 is 0 Å². The van der Waals surface area contributed by atoms with E-state index in [2.05, 4.69) is 23.8 Å². The second-order valence-corrected chi connectivity index (χ2v) is 4.63. The molecule has 3 heteroatoms. The molecule has 70 valence electrons. The van der Waals surface area contributed by atoms with E-state index in [4.69, 9.17) is 11.6 Å². The van der Waals surface area contributed by atoms with Gasteiger partial charge in [-0.05, 0) is 25.2 Å². The van der Waals surface area contributed by atoms with Crippen molar-refractivity contribution in [2.75, 3.05) is 0 Å². The van der Waals surface area contributed by atoms with Gasteiger partial charge in [-0.25, -0.2) is 9.97 Å². The van der Waals surface area contributed by atoms with Crippen molar-refractivity contribution in [1.82, 2.24) is 9.97 Å². The SMILES string of the molecule is Cc1nc(Cl)c2c(n1)CCC2(C)C. The third-order valence-electron chi connectivity index (χ3n) is 2.72. The van der Waals surface area contributed by atoms with E-state index >= 15 is 0 Å². The highest BCUT2D eigenvalue weighted by atomic mass is 35.5. The van der Waals surface area contributed by atoms with E-state index in [1.54, 1.807) is 0 Å². The molecule has 0 saturated heterocycles. The smallest absolute Gasteiger partial charge is 0.136 e. The first-order valence-electron chi connectivity index (χ1n) is 4.54. The molecule has 13 heavy (non-hydrogen) atoms. The number of aromatic nitrogens is 2. The van der Waals surface area contributed by atoms with Crippen molar-refractivity contribution < 1.29 is 0 Å². The fourth-order valence-corrected chi connectivity index (χ4v) is 2.49. The lowest BCUT2D eigenvalue weighted by Crippen LogP contribution is -2.13. The summed E-state index contributed by atoms with van der Waals surface area (Å²) in [6.45, 7) is 6.28. The van der Waals surface area contributed by atoms with Gasteiger partial charge in [-0.15, -0.1) is 0 Å². The van der Waals surface area contributed by atoms with Crippen LogP contribution in [0.1, 0.15) is 37.4 Å². The Morgan fingerprint density at radius 1 is 1.31 bits per heavy atom. The van der Waals surface area contributed by atoms with Crippen molar-refractivity contribution in [2.24, 2.45) is 0 Å². The quantitative estimate of drug-likeness (QED) is 0.597. The fourth-order valence-electron chi connectivity index (χ4n) is 2.00. The Hall–Kier alpha value is -0.630. The molecular weight excluding hydrogens is 184 g/mol. The standard InChI is InChI=1S/C10H13ClN2/c1-6-12-7-4-5-10(2,3)8(7)9(11)13-6/h4-5H2,1-3H3. The normalized spacial score (nSPS) is 18.8. The summed E-state index contributed by atoms with van der Waals surface area (Å²) < 4.78 is 0. The molecule has 0 bridgehead atoms. The number of aryl methyl sites for hydroxylation is 2. The second-order valence-electron chi connectivity index (χ2n) is 4.27. The van der Waals surface area contributed by atoms with Crippen LogP contribution in [0, 0.1) is 6.92 Å². The molecule has 2 rings (SSSR count). The molecule has 0 N–H and O–H groups in total. The first-order valence-corrected chi connectivity index (χ1v) is 4.92. The predicted octanol–water partition coefficient (Wildman–Crippen LogP) is 2.66. The first-order chi connectivity index (χ1) is 6.00. The van der Waals surface area contributed by atoms with Gasteiger partial charge in [-0.1, -0.05) is 25.4 Å². The summed E-state index contributed by atoms with van der Waals surface area (Å²) in [5.41, 5.74) is 2.45. The molecule has 0 spiro atoms. The highest BCUT2D eigenvalue weighted by Gasteiger charge is 2.33. The molecule has 1 heterocycles. The van der Waals surface area contributed by atoms with E-state index < -0.39 is 0 Å². The van der Waals surface area contributed by atoms with Gasteiger partial charge in [-0.3, -0.25) is 0 Å². The summed E-state index contributed by atoms with van der Waals surface area (Å²) in [5.74, 6) is 0.779. The maximum absolute atomic E-state index is 6.11. The molecule has 0 amide bonds. The zero-order chi connectivity index (χ0) is 9.64. The summed E-state index contributed by atoms with van der Waals surface area (Å²) in [6, 6.07) is 0. The predicted molar refractivity (Wildman–Crippen MR) is 53.1 cm³/mol. The summed E-state index contributed by atoms with van der Waals surface area (Å²) in [7, 11) is 0. The molecule has 0 unspecified atom stereocenters. The van der Waals surface area contributed by atoms with Gasteiger partial charge >= 0.3 is 0 Å². The first kappa shape index (κ1) is 8.95. The Labute approximate surface area is 83.4 Å². The maximum Gasteiger partial charge on any atom is 0.136 e. The highest BCUT2D eigenvalue weighted by Crippen LogP contribution is 2.40. The van der Waals surface area contributed by atoms with Crippen LogP contribution in [0.15, 0.2) is 0 Å². The van der Waals surface area contributed by atoms with Gasteiger partial charge in [0.05, 0.1) is 0 Å². The minimum absolute atomic E-state index is 0.153. The molecule has 1 aromatic heterocycles. The monoisotopic (exact) mass is 196 g/mol. The van der Waals surface area contributed by atoms with Crippen LogP contribution in [0.4, 0.5) is 0 Å².